The van der Waals surface area contributed by atoms with E-state index in [9.17, 15) is 14.4 Å². The maximum Gasteiger partial charge on any atom is 0.223 e. The molecule has 1 aliphatic heterocycles. The fourth-order valence-electron chi connectivity index (χ4n) is 3.60. The Labute approximate surface area is 158 Å². The van der Waals surface area contributed by atoms with Gasteiger partial charge in [0.2, 0.25) is 5.91 Å². The molecular formula is C22H20N2O3. The zero-order valence-corrected chi connectivity index (χ0v) is 15.1. The topological polar surface area (TPSA) is 78.2 Å². The molecule has 1 fully saturated rings. The van der Waals surface area contributed by atoms with Gasteiger partial charge in [-0.1, -0.05) is 42.5 Å². The molecule has 1 amide bonds. The second kappa shape index (κ2) is 7.96. The summed E-state index contributed by atoms with van der Waals surface area (Å²) in [5.74, 6) is -1.62. The van der Waals surface area contributed by atoms with Gasteiger partial charge in [-0.05, 0) is 31.0 Å². The van der Waals surface area contributed by atoms with Crippen molar-refractivity contribution in [1.29, 1.82) is 5.26 Å². The summed E-state index contributed by atoms with van der Waals surface area (Å²) in [7, 11) is 0. The highest BCUT2D eigenvalue weighted by molar-refractivity contribution is 6.11. The Balaban J connectivity index is 2.08. The van der Waals surface area contributed by atoms with E-state index in [1.807, 2.05) is 6.07 Å². The van der Waals surface area contributed by atoms with Gasteiger partial charge in [0, 0.05) is 18.5 Å². The second-order valence-electron chi connectivity index (χ2n) is 6.69. The van der Waals surface area contributed by atoms with Crippen LogP contribution in [-0.2, 0) is 9.59 Å². The van der Waals surface area contributed by atoms with E-state index in [4.69, 9.17) is 5.26 Å². The number of nitrogens with zero attached hydrogens (tertiary/aromatic N) is 2. The average Bonchev–Trinajstić information content (AvgIpc) is 3.11. The fourth-order valence-corrected chi connectivity index (χ4v) is 3.60. The lowest BCUT2D eigenvalue weighted by atomic mass is 9.83. The van der Waals surface area contributed by atoms with Crippen molar-refractivity contribution in [1.82, 2.24) is 4.90 Å². The van der Waals surface area contributed by atoms with Crippen LogP contribution < -0.4 is 0 Å². The molecule has 0 saturated carbocycles. The second-order valence-corrected chi connectivity index (χ2v) is 6.69. The third-order valence-corrected chi connectivity index (χ3v) is 4.92. The smallest absolute Gasteiger partial charge is 0.223 e. The number of benzene rings is 2. The average molecular weight is 360 g/mol. The fraction of sp³-hybridized carbons (Fsp3) is 0.273. The summed E-state index contributed by atoms with van der Waals surface area (Å²) in [6.07, 6.45) is 1.12. The molecule has 2 atom stereocenters. The first-order chi connectivity index (χ1) is 13.0. The molecule has 0 N–H and O–H groups in total. The number of carbonyl (C=O) groups excluding carboxylic acids is 3. The van der Waals surface area contributed by atoms with E-state index in [2.05, 4.69) is 6.07 Å². The van der Waals surface area contributed by atoms with Gasteiger partial charge in [-0.15, -0.1) is 0 Å². The monoisotopic (exact) mass is 360 g/mol. The molecule has 1 saturated heterocycles. The molecule has 0 aromatic heterocycles. The van der Waals surface area contributed by atoms with Crippen molar-refractivity contribution in [3.05, 3.63) is 71.3 Å². The molecule has 0 radical (unpaired) electrons. The van der Waals surface area contributed by atoms with Crippen LogP contribution in [0.25, 0.3) is 0 Å². The lowest BCUT2D eigenvalue weighted by molar-refractivity contribution is -0.132. The highest BCUT2D eigenvalue weighted by Gasteiger charge is 2.41. The Morgan fingerprint density at radius 1 is 1.07 bits per heavy atom. The molecule has 3 rings (SSSR count). The van der Waals surface area contributed by atoms with E-state index in [0.29, 0.717) is 36.1 Å². The Bertz CT molecular complexity index is 897. The Morgan fingerprint density at radius 3 is 2.26 bits per heavy atom. The van der Waals surface area contributed by atoms with Crippen molar-refractivity contribution >= 4 is 17.5 Å². The van der Waals surface area contributed by atoms with Gasteiger partial charge >= 0.3 is 0 Å². The summed E-state index contributed by atoms with van der Waals surface area (Å²) in [5.41, 5.74) is 1.62. The SMILES string of the molecule is CC(=O)C(C(=O)c1ccccc1)C(c1ccc(C#N)cc1)N1CCCC1=O. The minimum atomic E-state index is -0.984. The van der Waals surface area contributed by atoms with Gasteiger partial charge in [0.25, 0.3) is 0 Å². The number of carbonyl (C=O) groups is 3. The Hall–Kier alpha value is -3.26. The molecule has 0 bridgehead atoms. The molecular weight excluding hydrogens is 340 g/mol. The highest BCUT2D eigenvalue weighted by Crippen LogP contribution is 2.35. The lowest BCUT2D eigenvalue weighted by Gasteiger charge is -2.33. The van der Waals surface area contributed by atoms with Crippen molar-refractivity contribution in [2.45, 2.75) is 25.8 Å². The van der Waals surface area contributed by atoms with Crippen LogP contribution in [0.3, 0.4) is 0 Å². The van der Waals surface area contributed by atoms with E-state index >= 15 is 0 Å². The zero-order chi connectivity index (χ0) is 19.4. The van der Waals surface area contributed by atoms with Crippen LogP contribution >= 0.6 is 0 Å². The first kappa shape index (κ1) is 18.5. The van der Waals surface area contributed by atoms with Crippen LogP contribution in [0.15, 0.2) is 54.6 Å². The molecule has 5 nitrogen and oxygen atoms in total. The molecule has 0 spiro atoms. The van der Waals surface area contributed by atoms with Crippen molar-refractivity contribution in [2.24, 2.45) is 5.92 Å². The standard InChI is InChI=1S/C22H20N2O3/c1-15(25)20(22(27)18-6-3-2-4-7-18)21(24-13-5-8-19(24)26)17-11-9-16(14-23)10-12-17/h2-4,6-7,9-12,20-21H,5,8,13H2,1H3. The third kappa shape index (κ3) is 3.80. The van der Waals surface area contributed by atoms with Crippen LogP contribution in [0.4, 0.5) is 0 Å². The summed E-state index contributed by atoms with van der Waals surface area (Å²) in [5, 5.41) is 9.03. The van der Waals surface area contributed by atoms with Crippen LogP contribution in [0.5, 0.6) is 0 Å². The number of likely N-dealkylation sites (tertiary alicyclic amines) is 1. The van der Waals surface area contributed by atoms with Crippen molar-refractivity contribution in [3.63, 3.8) is 0 Å². The molecule has 2 aromatic carbocycles. The van der Waals surface area contributed by atoms with Gasteiger partial charge in [-0.25, -0.2) is 0 Å². The first-order valence-corrected chi connectivity index (χ1v) is 8.92. The summed E-state index contributed by atoms with van der Waals surface area (Å²) in [6.45, 7) is 1.90. The number of ketones is 2. The number of hydrogen-bond acceptors (Lipinski definition) is 4. The normalized spacial score (nSPS) is 15.9. The van der Waals surface area contributed by atoms with Crippen LogP contribution in [0.2, 0.25) is 0 Å². The lowest BCUT2D eigenvalue weighted by Crippen LogP contribution is -2.41. The largest absolute Gasteiger partial charge is 0.334 e. The zero-order valence-electron chi connectivity index (χ0n) is 15.1. The third-order valence-electron chi connectivity index (χ3n) is 4.92. The van der Waals surface area contributed by atoms with Gasteiger partial charge in [0.15, 0.2) is 5.78 Å². The maximum absolute atomic E-state index is 13.2. The Morgan fingerprint density at radius 2 is 1.74 bits per heavy atom. The van der Waals surface area contributed by atoms with Gasteiger partial charge in [0.1, 0.15) is 11.7 Å². The van der Waals surface area contributed by atoms with E-state index in [1.54, 1.807) is 53.4 Å². The van der Waals surface area contributed by atoms with Crippen molar-refractivity contribution in [2.75, 3.05) is 6.54 Å². The van der Waals surface area contributed by atoms with Crippen LogP contribution in [0.1, 0.15) is 47.3 Å². The van der Waals surface area contributed by atoms with E-state index in [1.165, 1.54) is 6.92 Å². The number of rotatable bonds is 6. The number of Topliss-reactive ketones (excluding diaryl/α,β-unsaturated/α-hetero) is 2. The van der Waals surface area contributed by atoms with Crippen molar-refractivity contribution in [3.8, 4) is 6.07 Å². The quantitative estimate of drug-likeness (QED) is 0.585. The van der Waals surface area contributed by atoms with Gasteiger partial charge in [-0.2, -0.15) is 5.26 Å². The molecule has 27 heavy (non-hydrogen) atoms. The van der Waals surface area contributed by atoms with Crippen molar-refractivity contribution < 1.29 is 14.4 Å². The molecule has 1 aliphatic rings. The van der Waals surface area contributed by atoms with E-state index in [-0.39, 0.29) is 17.5 Å². The number of nitriles is 1. The highest BCUT2D eigenvalue weighted by atomic mass is 16.2. The summed E-state index contributed by atoms with van der Waals surface area (Å²) in [6, 6.07) is 16.8. The minimum Gasteiger partial charge on any atom is -0.334 e. The molecule has 2 aromatic rings. The van der Waals surface area contributed by atoms with Gasteiger partial charge in [-0.3, -0.25) is 14.4 Å². The maximum atomic E-state index is 13.2. The number of hydrogen-bond donors (Lipinski definition) is 0. The predicted octanol–water partition coefficient (Wildman–Crippen LogP) is 3.31. The number of amides is 1. The molecule has 0 aliphatic carbocycles. The van der Waals surface area contributed by atoms with Gasteiger partial charge < -0.3 is 4.90 Å². The minimum absolute atomic E-state index is 0.0588. The van der Waals surface area contributed by atoms with Gasteiger partial charge in [0.05, 0.1) is 17.7 Å². The summed E-state index contributed by atoms with van der Waals surface area (Å²) >= 11 is 0. The summed E-state index contributed by atoms with van der Waals surface area (Å²) < 4.78 is 0. The van der Waals surface area contributed by atoms with Crippen LogP contribution in [0, 0.1) is 17.2 Å². The molecule has 136 valence electrons. The van der Waals surface area contributed by atoms with E-state index < -0.39 is 12.0 Å². The van der Waals surface area contributed by atoms with Crippen LogP contribution in [-0.4, -0.2) is 28.9 Å². The molecule has 2 unspecified atom stereocenters. The first-order valence-electron chi connectivity index (χ1n) is 8.92. The van der Waals surface area contributed by atoms with E-state index in [0.717, 1.165) is 0 Å². The molecule has 5 heteroatoms. The summed E-state index contributed by atoms with van der Waals surface area (Å²) in [4.78, 5) is 39.8. The molecule has 1 heterocycles. The predicted molar refractivity (Wildman–Crippen MR) is 99.8 cm³/mol. The Kier molecular flexibility index (Phi) is 5.46.